The van der Waals surface area contributed by atoms with E-state index in [-0.39, 0.29) is 11.9 Å². The molecule has 5 rings (SSSR count). The van der Waals surface area contributed by atoms with E-state index in [2.05, 4.69) is 15.3 Å². The Morgan fingerprint density at radius 1 is 1.00 bits per heavy atom. The van der Waals surface area contributed by atoms with Crippen LogP contribution in [0.15, 0.2) is 48.8 Å². The van der Waals surface area contributed by atoms with Gasteiger partial charge in [0.05, 0.1) is 12.6 Å². The molecular formula is C24H28N6O. The predicted molar refractivity (Wildman–Crippen MR) is 119 cm³/mol. The number of rotatable bonds is 6. The molecule has 2 aromatic heterocycles. The topological polar surface area (TPSA) is 75.9 Å². The Bertz CT molecular complexity index is 1030. The number of benzene rings is 1. The van der Waals surface area contributed by atoms with E-state index in [1.165, 1.54) is 0 Å². The van der Waals surface area contributed by atoms with Crippen LogP contribution in [-0.4, -0.2) is 38.7 Å². The minimum absolute atomic E-state index is 0.123. The molecule has 1 saturated heterocycles. The van der Waals surface area contributed by atoms with Crippen molar-refractivity contribution in [3.8, 4) is 0 Å². The van der Waals surface area contributed by atoms with Crippen LogP contribution < -0.4 is 10.2 Å². The predicted octanol–water partition coefficient (Wildman–Crippen LogP) is 3.32. The fourth-order valence-electron chi connectivity index (χ4n) is 4.57. The Balaban J connectivity index is 1.46. The maximum absolute atomic E-state index is 13.5. The van der Waals surface area contributed by atoms with E-state index < -0.39 is 0 Å². The van der Waals surface area contributed by atoms with E-state index >= 15 is 0 Å². The fraction of sp³-hybridized carbons (Fsp3) is 0.417. The number of aromatic nitrogens is 4. The van der Waals surface area contributed by atoms with Crippen molar-refractivity contribution in [2.75, 3.05) is 18.0 Å². The zero-order chi connectivity index (χ0) is 21.0. The first-order valence-electron chi connectivity index (χ1n) is 11.3. The van der Waals surface area contributed by atoms with E-state index in [9.17, 15) is 4.79 Å². The van der Waals surface area contributed by atoms with Crippen molar-refractivity contribution in [3.63, 3.8) is 0 Å². The van der Waals surface area contributed by atoms with Gasteiger partial charge in [0.2, 0.25) is 5.95 Å². The zero-order valence-corrected chi connectivity index (χ0v) is 17.7. The summed E-state index contributed by atoms with van der Waals surface area (Å²) in [5.41, 5.74) is 3.68. The normalized spacial score (nSPS) is 16.7. The molecule has 0 radical (unpaired) electrons. The first-order valence-corrected chi connectivity index (χ1v) is 11.3. The number of hydrogen-bond donors (Lipinski definition) is 1. The molecule has 1 aliphatic heterocycles. The average molecular weight is 417 g/mol. The van der Waals surface area contributed by atoms with E-state index in [0.29, 0.717) is 18.2 Å². The minimum Gasteiger partial charge on any atom is -0.342 e. The Morgan fingerprint density at radius 2 is 1.81 bits per heavy atom. The molecule has 1 N–H and O–H groups in total. The van der Waals surface area contributed by atoms with Crippen molar-refractivity contribution in [2.24, 2.45) is 0 Å². The molecule has 7 nitrogen and oxygen atoms in total. The van der Waals surface area contributed by atoms with Gasteiger partial charge in [0.1, 0.15) is 5.69 Å². The summed E-state index contributed by atoms with van der Waals surface area (Å²) in [5.74, 6) is 0.591. The highest BCUT2D eigenvalue weighted by molar-refractivity contribution is 5.94. The second kappa shape index (κ2) is 8.88. The maximum atomic E-state index is 13.5. The summed E-state index contributed by atoms with van der Waals surface area (Å²) in [7, 11) is 0. The minimum atomic E-state index is -0.196. The lowest BCUT2D eigenvalue weighted by atomic mass is 9.94. The summed E-state index contributed by atoms with van der Waals surface area (Å²) in [6.45, 7) is 2.49. The summed E-state index contributed by atoms with van der Waals surface area (Å²) in [4.78, 5) is 25.4. The smallest absolute Gasteiger partial charge is 0.270 e. The van der Waals surface area contributed by atoms with Crippen molar-refractivity contribution in [1.29, 1.82) is 0 Å². The van der Waals surface area contributed by atoms with Crippen LogP contribution in [0.25, 0.3) is 0 Å². The van der Waals surface area contributed by atoms with E-state index in [1.54, 1.807) is 6.20 Å². The maximum Gasteiger partial charge on any atom is 0.270 e. The number of nitrogens with zero attached hydrogens (tertiary/aromatic N) is 5. The monoisotopic (exact) mass is 416 g/mol. The van der Waals surface area contributed by atoms with Gasteiger partial charge in [0.15, 0.2) is 0 Å². The number of fused-ring (bicyclic) bond motifs is 1. The number of hydrogen-bond acceptors (Lipinski definition) is 5. The zero-order valence-electron chi connectivity index (χ0n) is 17.7. The lowest BCUT2D eigenvalue weighted by Gasteiger charge is -2.24. The molecule has 1 aromatic carbocycles. The van der Waals surface area contributed by atoms with Gasteiger partial charge in [-0.25, -0.2) is 9.97 Å². The molecule has 0 saturated carbocycles. The first-order chi connectivity index (χ1) is 15.3. The Morgan fingerprint density at radius 3 is 2.58 bits per heavy atom. The van der Waals surface area contributed by atoms with Crippen molar-refractivity contribution < 1.29 is 4.79 Å². The molecule has 2 aliphatic rings. The van der Waals surface area contributed by atoms with E-state index in [4.69, 9.17) is 9.97 Å². The van der Waals surface area contributed by atoms with Crippen LogP contribution in [0.5, 0.6) is 0 Å². The molecule has 1 atom stereocenters. The van der Waals surface area contributed by atoms with Crippen molar-refractivity contribution in [1.82, 2.24) is 25.1 Å². The van der Waals surface area contributed by atoms with Crippen molar-refractivity contribution in [2.45, 2.75) is 51.1 Å². The second-order valence-corrected chi connectivity index (χ2v) is 8.36. The molecule has 3 heterocycles. The molecule has 1 aliphatic carbocycles. The SMILES string of the molecule is O=C(NC(Cn1cccn1)c1ccccc1)c1nc(N2CCCC2)nc2c1CCCC2. The molecule has 0 bridgehead atoms. The van der Waals surface area contributed by atoms with Crippen molar-refractivity contribution in [3.05, 3.63) is 71.3 Å². The van der Waals surface area contributed by atoms with Gasteiger partial charge in [-0.05, 0) is 50.2 Å². The van der Waals surface area contributed by atoms with Gasteiger partial charge in [-0.2, -0.15) is 5.10 Å². The third-order valence-electron chi connectivity index (χ3n) is 6.21. The highest BCUT2D eigenvalue weighted by atomic mass is 16.2. The Hall–Kier alpha value is -3.22. The molecule has 7 heteroatoms. The van der Waals surface area contributed by atoms with E-state index in [1.807, 2.05) is 47.3 Å². The van der Waals surface area contributed by atoms with Crippen LogP contribution in [-0.2, 0) is 19.4 Å². The second-order valence-electron chi connectivity index (χ2n) is 8.36. The van der Waals surface area contributed by atoms with Gasteiger partial charge in [0.25, 0.3) is 5.91 Å². The molecule has 1 unspecified atom stereocenters. The number of carbonyl (C=O) groups excluding carboxylic acids is 1. The number of anilines is 1. The molecule has 0 spiro atoms. The third kappa shape index (κ3) is 4.31. The quantitative estimate of drug-likeness (QED) is 0.667. The fourth-order valence-corrected chi connectivity index (χ4v) is 4.57. The summed E-state index contributed by atoms with van der Waals surface area (Å²) in [5, 5.41) is 7.58. The Kier molecular flexibility index (Phi) is 5.65. The number of nitrogens with one attached hydrogen (secondary N) is 1. The Labute approximate surface area is 182 Å². The third-order valence-corrected chi connectivity index (χ3v) is 6.21. The largest absolute Gasteiger partial charge is 0.342 e. The van der Waals surface area contributed by atoms with Crippen LogP contribution in [0.4, 0.5) is 5.95 Å². The van der Waals surface area contributed by atoms with Crippen LogP contribution in [0.3, 0.4) is 0 Å². The number of aryl methyl sites for hydroxylation is 1. The molecule has 160 valence electrons. The molecule has 1 amide bonds. The van der Waals surface area contributed by atoms with Gasteiger partial charge in [0, 0.05) is 36.7 Å². The summed E-state index contributed by atoms with van der Waals surface area (Å²) < 4.78 is 1.85. The van der Waals surface area contributed by atoms with Gasteiger partial charge in [-0.1, -0.05) is 30.3 Å². The summed E-state index contributed by atoms with van der Waals surface area (Å²) in [6.07, 6.45) is 9.98. The van der Waals surface area contributed by atoms with Crippen molar-refractivity contribution >= 4 is 11.9 Å². The van der Waals surface area contributed by atoms with Crippen LogP contribution in [0.1, 0.15) is 59.0 Å². The standard InChI is InChI=1S/C24H28N6O/c31-23(26-21(17-30-16-8-13-25-30)18-9-2-1-3-10-18)22-19-11-4-5-12-20(19)27-24(28-22)29-14-6-7-15-29/h1-3,8-10,13,16,21H,4-7,11-12,14-15,17H2,(H,26,31). The first kappa shape index (κ1) is 19.7. The molecule has 3 aromatic rings. The lowest BCUT2D eigenvalue weighted by molar-refractivity contribution is 0.0925. The van der Waals surface area contributed by atoms with Crippen LogP contribution in [0, 0.1) is 0 Å². The highest BCUT2D eigenvalue weighted by Crippen LogP contribution is 2.27. The van der Waals surface area contributed by atoms with Gasteiger partial charge in [-0.15, -0.1) is 0 Å². The molecule has 1 fully saturated rings. The van der Waals surface area contributed by atoms with Crippen LogP contribution in [0.2, 0.25) is 0 Å². The van der Waals surface area contributed by atoms with Gasteiger partial charge < -0.3 is 10.2 Å². The summed E-state index contributed by atoms with van der Waals surface area (Å²) in [6, 6.07) is 11.8. The summed E-state index contributed by atoms with van der Waals surface area (Å²) >= 11 is 0. The van der Waals surface area contributed by atoms with Crippen LogP contribution >= 0.6 is 0 Å². The molecule has 31 heavy (non-hydrogen) atoms. The molecular weight excluding hydrogens is 388 g/mol. The number of carbonyl (C=O) groups is 1. The van der Waals surface area contributed by atoms with E-state index in [0.717, 1.165) is 68.4 Å². The van der Waals surface area contributed by atoms with Gasteiger partial charge >= 0.3 is 0 Å². The van der Waals surface area contributed by atoms with Gasteiger partial charge in [-0.3, -0.25) is 9.48 Å². The highest BCUT2D eigenvalue weighted by Gasteiger charge is 2.27. The lowest BCUT2D eigenvalue weighted by Crippen LogP contribution is -2.34. The number of amides is 1. The average Bonchev–Trinajstić information content (AvgIpc) is 3.53.